The van der Waals surface area contributed by atoms with Crippen LogP contribution in [0.5, 0.6) is 11.5 Å². The van der Waals surface area contributed by atoms with Crippen molar-refractivity contribution in [3.8, 4) is 11.5 Å². The lowest BCUT2D eigenvalue weighted by Gasteiger charge is -2.05. The van der Waals surface area contributed by atoms with E-state index in [1.54, 1.807) is 24.3 Å². The second kappa shape index (κ2) is 7.05. The molecule has 2 nitrogen and oxygen atoms in total. The van der Waals surface area contributed by atoms with E-state index in [0.717, 1.165) is 0 Å². The molecule has 0 heterocycles. The highest BCUT2D eigenvalue weighted by Gasteiger charge is 2.26. The van der Waals surface area contributed by atoms with Crippen LogP contribution in [-0.2, 0) is 0 Å². The van der Waals surface area contributed by atoms with Crippen LogP contribution >= 0.6 is 9.47 Å². The van der Waals surface area contributed by atoms with Gasteiger partial charge in [0.1, 0.15) is 5.75 Å². The molecule has 1 N–H and O–H groups in total. The molecule has 0 fully saturated rings. The van der Waals surface area contributed by atoms with Crippen LogP contribution in [0.3, 0.4) is 0 Å². The molecule has 0 aliphatic carbocycles. The lowest BCUT2D eigenvalue weighted by atomic mass is 10.3. The Hall–Kier alpha value is -1.88. The summed E-state index contributed by atoms with van der Waals surface area (Å²) >= 11 is 0. The third-order valence-corrected chi connectivity index (χ3v) is 2.28. The highest BCUT2D eigenvalue weighted by Crippen LogP contribution is 2.29. The zero-order chi connectivity index (χ0) is 15.3. The second-order valence-corrected chi connectivity index (χ2v) is 3.59. The van der Waals surface area contributed by atoms with Crippen LogP contribution in [0.4, 0.5) is 22.0 Å². The molecular weight excluding hydrogens is 302 g/mol. The number of halogens is 5. The van der Waals surface area contributed by atoms with Crippen molar-refractivity contribution < 1.29 is 31.6 Å². The lowest BCUT2D eigenvalue weighted by Crippen LogP contribution is -2.02. The van der Waals surface area contributed by atoms with Gasteiger partial charge < -0.3 is 9.63 Å². The fourth-order valence-electron chi connectivity index (χ4n) is 1.12. The first-order chi connectivity index (χ1) is 9.40. The molecule has 8 heteroatoms. The van der Waals surface area contributed by atoms with Gasteiger partial charge in [0.15, 0.2) is 5.75 Å². The van der Waals surface area contributed by atoms with E-state index in [4.69, 9.17) is 5.11 Å². The van der Waals surface area contributed by atoms with Crippen molar-refractivity contribution in [2.45, 2.75) is 0 Å². The number of phenols is 1. The topological polar surface area (TPSA) is 29.5 Å². The molecule has 20 heavy (non-hydrogen) atoms. The predicted octanol–water partition coefficient (Wildman–Crippen LogP) is 3.94. The first-order valence-electron chi connectivity index (χ1n) is 5.02. The Bertz CT molecular complexity index is 563. The summed E-state index contributed by atoms with van der Waals surface area (Å²) < 4.78 is 66.0. The van der Waals surface area contributed by atoms with Gasteiger partial charge >= 0.3 is 0 Å². The molecule has 1 unspecified atom stereocenters. The molecule has 2 aromatic carbocycles. The van der Waals surface area contributed by atoms with Gasteiger partial charge in [-0.15, -0.1) is 0 Å². The number of hydrogen-bond donors (Lipinski definition) is 1. The molecule has 2 rings (SSSR count). The van der Waals surface area contributed by atoms with Gasteiger partial charge in [0.05, 0.1) is 9.47 Å². The Morgan fingerprint density at radius 2 is 1.15 bits per heavy atom. The summed E-state index contributed by atoms with van der Waals surface area (Å²) in [5, 5.41) is 8.63. The van der Waals surface area contributed by atoms with Crippen molar-refractivity contribution in [2.75, 3.05) is 0 Å². The Labute approximate surface area is 113 Å². The Morgan fingerprint density at radius 1 is 0.750 bits per heavy atom. The summed E-state index contributed by atoms with van der Waals surface area (Å²) in [7, 11) is 1.39. The van der Waals surface area contributed by atoms with Crippen molar-refractivity contribution in [3.63, 3.8) is 0 Å². The average Bonchev–Trinajstić information content (AvgIpc) is 2.45. The zero-order valence-corrected chi connectivity index (χ0v) is 10.9. The van der Waals surface area contributed by atoms with Gasteiger partial charge in [-0.05, 0) is 12.1 Å². The van der Waals surface area contributed by atoms with Crippen LogP contribution in [-0.4, -0.2) is 5.11 Å². The molecule has 0 aliphatic rings. The molecule has 0 aromatic heterocycles. The van der Waals surface area contributed by atoms with Gasteiger partial charge in [0, 0.05) is 0 Å². The van der Waals surface area contributed by atoms with E-state index in [-0.39, 0.29) is 0 Å². The maximum atomic E-state index is 12.5. The van der Waals surface area contributed by atoms with Crippen LogP contribution < -0.4 is 4.52 Å². The Morgan fingerprint density at radius 3 is 1.45 bits per heavy atom. The van der Waals surface area contributed by atoms with E-state index < -0.39 is 34.8 Å². The molecule has 2 aromatic rings. The van der Waals surface area contributed by atoms with Gasteiger partial charge in [-0.1, -0.05) is 18.2 Å². The largest absolute Gasteiger partial charge is 0.508 e. The molecular formula is C12H8F5O2P. The smallest absolute Gasteiger partial charge is 0.207 e. The van der Waals surface area contributed by atoms with Crippen LogP contribution in [0.25, 0.3) is 0 Å². The summed E-state index contributed by atoms with van der Waals surface area (Å²) in [5.41, 5.74) is 0. The average molecular weight is 310 g/mol. The van der Waals surface area contributed by atoms with E-state index in [9.17, 15) is 22.0 Å². The molecule has 0 aliphatic heterocycles. The SMILES string of the molecule is Fc1c(F)c(F)c(OP)c(F)c1F.Oc1ccccc1. The normalized spacial score (nSPS) is 9.70. The van der Waals surface area contributed by atoms with Crippen LogP contribution in [0.1, 0.15) is 0 Å². The number of aromatic hydroxyl groups is 1. The van der Waals surface area contributed by atoms with Crippen molar-refractivity contribution in [1.29, 1.82) is 0 Å². The summed E-state index contributed by atoms with van der Waals surface area (Å²) in [6.07, 6.45) is 0. The van der Waals surface area contributed by atoms with E-state index in [0.29, 0.717) is 5.75 Å². The molecule has 0 amide bonds. The number of rotatable bonds is 1. The molecule has 0 radical (unpaired) electrons. The summed E-state index contributed by atoms with van der Waals surface area (Å²) in [4.78, 5) is 0. The molecule has 0 saturated carbocycles. The first kappa shape index (κ1) is 16.2. The lowest BCUT2D eigenvalue weighted by molar-refractivity contribution is 0.355. The standard InChI is InChI=1S/C6H2F5OP.C6H6O/c7-1-2(8)4(10)6(12-13)5(11)3(1)9;7-6-4-2-1-3-5-6/h13H2;1-5,7H. The van der Waals surface area contributed by atoms with Gasteiger partial charge in [-0.3, -0.25) is 0 Å². The van der Waals surface area contributed by atoms with Crippen molar-refractivity contribution in [1.82, 2.24) is 0 Å². The molecule has 1 atom stereocenters. The van der Waals surface area contributed by atoms with E-state index >= 15 is 0 Å². The maximum Gasteiger partial charge on any atom is 0.207 e. The number of phenolic OH excluding ortho intramolecular Hbond substituents is 1. The van der Waals surface area contributed by atoms with E-state index in [2.05, 4.69) is 4.52 Å². The molecule has 0 saturated heterocycles. The number of para-hydroxylation sites is 1. The number of hydrogen-bond acceptors (Lipinski definition) is 2. The summed E-state index contributed by atoms with van der Waals surface area (Å²) in [6, 6.07) is 8.71. The fourth-order valence-corrected chi connectivity index (χ4v) is 1.32. The Balaban J connectivity index is 0.000000240. The van der Waals surface area contributed by atoms with Gasteiger partial charge in [0.2, 0.25) is 29.1 Å². The zero-order valence-electron chi connectivity index (χ0n) is 9.71. The minimum atomic E-state index is -2.21. The minimum absolute atomic E-state index is 0.322. The highest BCUT2D eigenvalue weighted by atomic mass is 31.0. The Kier molecular flexibility index (Phi) is 5.70. The third-order valence-electron chi connectivity index (χ3n) is 2.04. The fraction of sp³-hybridized carbons (Fsp3) is 0. The van der Waals surface area contributed by atoms with Gasteiger partial charge in [-0.2, -0.15) is 8.78 Å². The monoisotopic (exact) mass is 310 g/mol. The van der Waals surface area contributed by atoms with Crippen LogP contribution in [0.2, 0.25) is 0 Å². The van der Waals surface area contributed by atoms with Gasteiger partial charge in [0.25, 0.3) is 0 Å². The molecule has 0 spiro atoms. The molecule has 108 valence electrons. The van der Waals surface area contributed by atoms with Crippen LogP contribution in [0.15, 0.2) is 30.3 Å². The quantitative estimate of drug-likeness (QED) is 0.374. The van der Waals surface area contributed by atoms with Crippen molar-refractivity contribution >= 4 is 9.47 Å². The predicted molar refractivity (Wildman–Crippen MR) is 64.7 cm³/mol. The minimum Gasteiger partial charge on any atom is -0.508 e. The summed E-state index contributed by atoms with van der Waals surface area (Å²) in [5.74, 6) is -11.3. The van der Waals surface area contributed by atoms with Crippen molar-refractivity contribution in [2.24, 2.45) is 0 Å². The third kappa shape index (κ3) is 3.57. The number of benzene rings is 2. The van der Waals surface area contributed by atoms with E-state index in [1.807, 2.05) is 6.07 Å². The maximum absolute atomic E-state index is 12.5. The van der Waals surface area contributed by atoms with Gasteiger partial charge in [-0.25, -0.2) is 13.2 Å². The summed E-state index contributed by atoms with van der Waals surface area (Å²) in [6.45, 7) is 0. The first-order valence-corrected chi connectivity index (χ1v) is 5.49. The highest BCUT2D eigenvalue weighted by molar-refractivity contribution is 7.10. The van der Waals surface area contributed by atoms with Crippen LogP contribution in [0, 0.1) is 29.1 Å². The molecule has 0 bridgehead atoms. The second-order valence-electron chi connectivity index (χ2n) is 3.35. The van der Waals surface area contributed by atoms with Crippen molar-refractivity contribution in [3.05, 3.63) is 59.4 Å². The van der Waals surface area contributed by atoms with E-state index in [1.165, 1.54) is 9.47 Å².